The van der Waals surface area contributed by atoms with E-state index in [1.165, 1.54) is 5.69 Å². The van der Waals surface area contributed by atoms with Gasteiger partial charge in [0, 0.05) is 39.4 Å². The molecule has 0 radical (unpaired) electrons. The zero-order valence-electron chi connectivity index (χ0n) is 16.9. The first-order valence-electron chi connectivity index (χ1n) is 9.79. The van der Waals surface area contributed by atoms with E-state index in [0.29, 0.717) is 13.1 Å². The van der Waals surface area contributed by atoms with Crippen LogP contribution in [0.4, 0.5) is 10.5 Å². The summed E-state index contributed by atoms with van der Waals surface area (Å²) in [7, 11) is 3.88. The van der Waals surface area contributed by atoms with E-state index in [4.69, 9.17) is 4.98 Å². The number of nitrogens with zero attached hydrogens (tertiary/aromatic N) is 4. The van der Waals surface area contributed by atoms with Gasteiger partial charge in [0.25, 0.3) is 0 Å². The third-order valence-electron chi connectivity index (χ3n) is 4.92. The van der Waals surface area contributed by atoms with E-state index in [2.05, 4.69) is 47.0 Å². The zero-order valence-corrected chi connectivity index (χ0v) is 16.9. The van der Waals surface area contributed by atoms with Crippen LogP contribution >= 0.6 is 0 Å². The Hall–Kier alpha value is -3.02. The van der Waals surface area contributed by atoms with Crippen LogP contribution in [0.5, 0.6) is 0 Å². The normalized spacial score (nSPS) is 10.8. The molecule has 0 unspecified atom stereocenters. The van der Waals surface area contributed by atoms with Crippen molar-refractivity contribution < 1.29 is 4.79 Å². The highest BCUT2D eigenvalue weighted by atomic mass is 16.2. The Labute approximate surface area is 166 Å². The van der Waals surface area contributed by atoms with Gasteiger partial charge < -0.3 is 19.7 Å². The van der Waals surface area contributed by atoms with Gasteiger partial charge >= 0.3 is 6.03 Å². The van der Waals surface area contributed by atoms with Crippen LogP contribution in [-0.2, 0) is 13.1 Å². The molecule has 1 N–H and O–H groups in total. The van der Waals surface area contributed by atoms with E-state index in [-0.39, 0.29) is 6.03 Å². The molecule has 0 spiro atoms. The number of amides is 2. The number of aryl methyl sites for hydroxylation is 1. The standard InChI is InChI=1S/C22H29N5O/c1-4-27-20-14-9-8-13-19(20)24-21(27)17-26(3)22(28)23-15-10-16-25(2)18-11-6-5-7-12-18/h5-9,11-14H,4,10,15-17H2,1-3H3,(H,23,28). The van der Waals surface area contributed by atoms with E-state index in [0.717, 1.165) is 36.4 Å². The quantitative estimate of drug-likeness (QED) is 0.607. The van der Waals surface area contributed by atoms with Crippen LogP contribution in [0.25, 0.3) is 11.0 Å². The lowest BCUT2D eigenvalue weighted by atomic mass is 10.3. The van der Waals surface area contributed by atoms with Crippen molar-refractivity contribution in [3.8, 4) is 0 Å². The predicted molar refractivity (Wildman–Crippen MR) is 115 cm³/mol. The van der Waals surface area contributed by atoms with Gasteiger partial charge in [-0.1, -0.05) is 30.3 Å². The van der Waals surface area contributed by atoms with Crippen molar-refractivity contribution in [1.29, 1.82) is 0 Å². The first kappa shape index (κ1) is 19.7. The first-order chi connectivity index (χ1) is 13.6. The number of aromatic nitrogens is 2. The number of rotatable bonds is 8. The molecule has 0 saturated heterocycles. The van der Waals surface area contributed by atoms with Gasteiger partial charge in [-0.3, -0.25) is 0 Å². The summed E-state index contributed by atoms with van der Waals surface area (Å²) >= 11 is 0. The summed E-state index contributed by atoms with van der Waals surface area (Å²) in [5, 5.41) is 3.00. The number of carbonyl (C=O) groups is 1. The van der Waals surface area contributed by atoms with Crippen molar-refractivity contribution in [1.82, 2.24) is 19.8 Å². The molecule has 0 aliphatic heterocycles. The first-order valence-corrected chi connectivity index (χ1v) is 9.79. The average Bonchev–Trinajstić information content (AvgIpc) is 3.08. The maximum atomic E-state index is 12.4. The predicted octanol–water partition coefficient (Wildman–Crippen LogP) is 3.72. The highest BCUT2D eigenvalue weighted by Gasteiger charge is 2.14. The van der Waals surface area contributed by atoms with Crippen molar-refractivity contribution in [2.24, 2.45) is 0 Å². The summed E-state index contributed by atoms with van der Waals surface area (Å²) in [6.07, 6.45) is 0.887. The Morgan fingerprint density at radius 2 is 1.79 bits per heavy atom. The second-order valence-electron chi connectivity index (χ2n) is 6.96. The third-order valence-corrected chi connectivity index (χ3v) is 4.92. The smallest absolute Gasteiger partial charge is 0.317 e. The summed E-state index contributed by atoms with van der Waals surface area (Å²) in [5.41, 5.74) is 3.26. The highest BCUT2D eigenvalue weighted by Crippen LogP contribution is 2.17. The lowest BCUT2D eigenvalue weighted by molar-refractivity contribution is 0.205. The van der Waals surface area contributed by atoms with E-state index in [1.807, 2.05) is 43.4 Å². The van der Waals surface area contributed by atoms with Crippen LogP contribution in [0.1, 0.15) is 19.2 Å². The molecule has 0 fully saturated rings. The van der Waals surface area contributed by atoms with E-state index in [9.17, 15) is 4.79 Å². The molecular weight excluding hydrogens is 350 g/mol. The fourth-order valence-electron chi connectivity index (χ4n) is 3.34. The minimum Gasteiger partial charge on any atom is -0.375 e. The summed E-state index contributed by atoms with van der Waals surface area (Å²) < 4.78 is 2.16. The van der Waals surface area contributed by atoms with E-state index in [1.54, 1.807) is 4.90 Å². The lowest BCUT2D eigenvalue weighted by Crippen LogP contribution is -2.38. The maximum Gasteiger partial charge on any atom is 0.317 e. The van der Waals surface area contributed by atoms with Crippen molar-refractivity contribution in [3.05, 3.63) is 60.4 Å². The monoisotopic (exact) mass is 379 g/mol. The minimum absolute atomic E-state index is 0.0722. The van der Waals surface area contributed by atoms with Gasteiger partial charge in [-0.25, -0.2) is 9.78 Å². The minimum atomic E-state index is -0.0722. The molecule has 6 nitrogen and oxygen atoms in total. The largest absolute Gasteiger partial charge is 0.375 e. The van der Waals surface area contributed by atoms with E-state index < -0.39 is 0 Å². The molecule has 3 rings (SSSR count). The number of para-hydroxylation sites is 3. The number of benzene rings is 2. The molecule has 6 heteroatoms. The molecule has 2 aromatic carbocycles. The summed E-state index contributed by atoms with van der Waals surface area (Å²) in [5.74, 6) is 0.908. The fraction of sp³-hybridized carbons (Fsp3) is 0.364. The van der Waals surface area contributed by atoms with Crippen LogP contribution in [0.2, 0.25) is 0 Å². The second-order valence-corrected chi connectivity index (χ2v) is 6.96. The van der Waals surface area contributed by atoms with Crippen LogP contribution in [0.15, 0.2) is 54.6 Å². The molecule has 0 aliphatic carbocycles. The van der Waals surface area contributed by atoms with Gasteiger partial charge in [0.2, 0.25) is 0 Å². The fourth-order valence-corrected chi connectivity index (χ4v) is 3.34. The Kier molecular flexibility index (Phi) is 6.53. The van der Waals surface area contributed by atoms with Gasteiger partial charge in [-0.15, -0.1) is 0 Å². The van der Waals surface area contributed by atoms with Crippen molar-refractivity contribution in [3.63, 3.8) is 0 Å². The van der Waals surface area contributed by atoms with Crippen LogP contribution in [0, 0.1) is 0 Å². The number of hydrogen-bond donors (Lipinski definition) is 1. The molecule has 0 aliphatic rings. The summed E-state index contributed by atoms with van der Waals surface area (Å²) in [4.78, 5) is 21.0. The topological polar surface area (TPSA) is 53.4 Å². The molecule has 148 valence electrons. The number of urea groups is 1. The number of anilines is 1. The van der Waals surface area contributed by atoms with Crippen LogP contribution in [-0.4, -0.2) is 47.7 Å². The Bertz CT molecular complexity index is 906. The average molecular weight is 380 g/mol. The van der Waals surface area contributed by atoms with Crippen molar-refractivity contribution in [2.75, 3.05) is 32.1 Å². The zero-order chi connectivity index (χ0) is 19.9. The Balaban J connectivity index is 1.49. The van der Waals surface area contributed by atoms with E-state index >= 15 is 0 Å². The number of fused-ring (bicyclic) bond motifs is 1. The molecule has 28 heavy (non-hydrogen) atoms. The molecule has 2 amide bonds. The molecule has 0 atom stereocenters. The number of carbonyl (C=O) groups excluding carboxylic acids is 1. The Morgan fingerprint density at radius 3 is 2.54 bits per heavy atom. The maximum absolute atomic E-state index is 12.4. The van der Waals surface area contributed by atoms with Gasteiger partial charge in [0.15, 0.2) is 0 Å². The molecule has 0 bridgehead atoms. The lowest BCUT2D eigenvalue weighted by Gasteiger charge is -2.21. The van der Waals surface area contributed by atoms with Crippen molar-refractivity contribution >= 4 is 22.8 Å². The van der Waals surface area contributed by atoms with Gasteiger partial charge in [-0.2, -0.15) is 0 Å². The molecule has 1 aromatic heterocycles. The van der Waals surface area contributed by atoms with Crippen LogP contribution < -0.4 is 10.2 Å². The molecule has 1 heterocycles. The molecule has 0 saturated carbocycles. The number of imidazole rings is 1. The number of hydrogen-bond acceptors (Lipinski definition) is 3. The highest BCUT2D eigenvalue weighted by molar-refractivity contribution is 5.76. The molecule has 3 aromatic rings. The van der Waals surface area contributed by atoms with Crippen LogP contribution in [0.3, 0.4) is 0 Å². The van der Waals surface area contributed by atoms with Gasteiger partial charge in [0.1, 0.15) is 5.82 Å². The SMILES string of the molecule is CCn1c(CN(C)C(=O)NCCCN(C)c2ccccc2)nc2ccccc21. The summed E-state index contributed by atoms with van der Waals surface area (Å²) in [6, 6.07) is 18.3. The third kappa shape index (κ3) is 4.63. The number of nitrogens with one attached hydrogen (secondary N) is 1. The second kappa shape index (κ2) is 9.26. The van der Waals surface area contributed by atoms with Crippen molar-refractivity contribution in [2.45, 2.75) is 26.4 Å². The Morgan fingerprint density at radius 1 is 1.07 bits per heavy atom. The van der Waals surface area contributed by atoms with Gasteiger partial charge in [0.05, 0.1) is 17.6 Å². The summed E-state index contributed by atoms with van der Waals surface area (Å²) in [6.45, 7) is 4.94. The van der Waals surface area contributed by atoms with Gasteiger partial charge in [-0.05, 0) is 37.6 Å². The molecular formula is C22H29N5O.